The summed E-state index contributed by atoms with van der Waals surface area (Å²) in [4.78, 5) is 29.7. The monoisotopic (exact) mass is 687 g/mol. The number of Topliss-reactive ketones (excluding diaryl/α,β-unsaturated/α-hetero) is 1. The van der Waals surface area contributed by atoms with Crippen molar-refractivity contribution in [1.82, 2.24) is 4.90 Å². The van der Waals surface area contributed by atoms with E-state index in [1.165, 1.54) is 7.11 Å². The number of aliphatic hydroxyl groups excluding tert-OH is 3. The molecule has 3 N–H and O–H groups in total. The van der Waals surface area contributed by atoms with E-state index in [4.69, 9.17) is 33.2 Å². The van der Waals surface area contributed by atoms with E-state index < -0.39 is 96.7 Å². The molecular formula is C35H61NO12. The van der Waals surface area contributed by atoms with Crippen molar-refractivity contribution in [2.24, 2.45) is 29.6 Å². The maximum Gasteiger partial charge on any atom is 0.311 e. The molecule has 0 aliphatic carbocycles. The van der Waals surface area contributed by atoms with Crippen LogP contribution in [-0.4, -0.2) is 139 Å². The van der Waals surface area contributed by atoms with Crippen LogP contribution in [0.2, 0.25) is 0 Å². The molecule has 4 saturated heterocycles. The fourth-order valence-electron chi connectivity index (χ4n) is 7.89. The molecule has 0 unspecified atom stereocenters. The maximum absolute atomic E-state index is 13.9. The average molecular weight is 688 g/mol. The molecule has 0 amide bonds. The van der Waals surface area contributed by atoms with E-state index in [2.05, 4.69) is 0 Å². The third-order valence-corrected chi connectivity index (χ3v) is 11.4. The predicted molar refractivity (Wildman–Crippen MR) is 174 cm³/mol. The molecule has 18 atom stereocenters. The molecule has 4 aliphatic rings. The van der Waals surface area contributed by atoms with Crippen LogP contribution < -0.4 is 0 Å². The van der Waals surface area contributed by atoms with Crippen molar-refractivity contribution in [1.29, 1.82) is 0 Å². The molecule has 0 aromatic carbocycles. The van der Waals surface area contributed by atoms with Crippen molar-refractivity contribution < 1.29 is 58.1 Å². The number of carbonyl (C=O) groups is 2. The van der Waals surface area contributed by atoms with Gasteiger partial charge in [0.25, 0.3) is 0 Å². The van der Waals surface area contributed by atoms with Gasteiger partial charge in [-0.2, -0.15) is 0 Å². The molecule has 13 nitrogen and oxygen atoms in total. The molecule has 13 heteroatoms. The molecule has 278 valence electrons. The number of hydrogen-bond acceptors (Lipinski definition) is 13. The van der Waals surface area contributed by atoms with Gasteiger partial charge in [0.15, 0.2) is 24.0 Å². The molecule has 4 fully saturated rings. The molecule has 0 aromatic heterocycles. The molecule has 0 saturated carbocycles. The van der Waals surface area contributed by atoms with Gasteiger partial charge in [-0.15, -0.1) is 0 Å². The van der Waals surface area contributed by atoms with Crippen LogP contribution in [0.3, 0.4) is 0 Å². The number of rotatable bonds is 6. The molecule has 4 rings (SSSR count). The Balaban J connectivity index is 1.75. The Bertz CT molecular complexity index is 1090. The van der Waals surface area contributed by atoms with Crippen LogP contribution in [0.4, 0.5) is 0 Å². The van der Waals surface area contributed by atoms with E-state index in [0.29, 0.717) is 6.42 Å². The Morgan fingerprint density at radius 2 is 1.44 bits per heavy atom. The normalized spacial score (nSPS) is 49.9. The van der Waals surface area contributed by atoms with Gasteiger partial charge >= 0.3 is 5.97 Å². The van der Waals surface area contributed by atoms with Gasteiger partial charge in [0.2, 0.25) is 0 Å². The summed E-state index contributed by atoms with van der Waals surface area (Å²) < 4.78 is 43.0. The highest BCUT2D eigenvalue weighted by atomic mass is 16.7. The molecule has 1 spiro atoms. The molecule has 0 bridgehead atoms. The van der Waals surface area contributed by atoms with Crippen LogP contribution in [0.15, 0.2) is 0 Å². The number of hydrogen-bond donors (Lipinski definition) is 3. The van der Waals surface area contributed by atoms with Gasteiger partial charge in [-0.25, -0.2) is 0 Å². The number of esters is 1. The minimum absolute atomic E-state index is 0.198. The Hall–Kier alpha value is -1.26. The first-order chi connectivity index (χ1) is 22.4. The summed E-state index contributed by atoms with van der Waals surface area (Å²) in [5.41, 5.74) is -1.10. The van der Waals surface area contributed by atoms with Gasteiger partial charge in [-0.05, 0) is 60.5 Å². The van der Waals surface area contributed by atoms with Crippen molar-refractivity contribution in [3.05, 3.63) is 0 Å². The zero-order valence-corrected chi connectivity index (χ0v) is 30.6. The third-order valence-electron chi connectivity index (χ3n) is 11.4. The number of nitrogens with zero attached hydrogens (tertiary/aromatic N) is 1. The molecule has 48 heavy (non-hydrogen) atoms. The van der Waals surface area contributed by atoms with E-state index in [9.17, 15) is 24.9 Å². The number of likely N-dealkylation sites (N-methyl/N-ethyl adjacent to an activating group) is 1. The first-order valence-corrected chi connectivity index (χ1v) is 17.7. The second kappa shape index (κ2) is 16.0. The van der Waals surface area contributed by atoms with Gasteiger partial charge in [0.05, 0.1) is 49.1 Å². The lowest BCUT2D eigenvalue weighted by atomic mass is 9.76. The lowest BCUT2D eigenvalue weighted by Crippen LogP contribution is -2.57. The second-order valence-corrected chi connectivity index (χ2v) is 15.3. The summed E-state index contributed by atoms with van der Waals surface area (Å²) in [5, 5.41) is 33.3. The first kappa shape index (κ1) is 39.5. The molecular weight excluding hydrogens is 626 g/mol. The summed E-state index contributed by atoms with van der Waals surface area (Å²) in [7, 11) is 5.32. The van der Waals surface area contributed by atoms with Crippen molar-refractivity contribution >= 4 is 11.8 Å². The minimum Gasteiger partial charge on any atom is -0.462 e. The van der Waals surface area contributed by atoms with Gasteiger partial charge < -0.3 is 53.4 Å². The quantitative estimate of drug-likeness (QED) is 0.274. The molecule has 4 heterocycles. The standard InChI is InChI=1S/C35H61NO12/c1-16-14-35(15-43-35)32(40)19(4)27(37)18(3)22(7)46-33(41)21(6)31(47-26-13-25(42-11)28(38)23(8)45-26)20(5)30(16)48-34-29(39)24(36(9)10)12-17(2)44-34/h16-31,34,37-39H,12-15H2,1-11H3/t16-,17+,18+,19-,20+,21+,22+,23+,24+,25+,26+,27-,28+,29-,30+,31+,34+,35-/m1/s1. The first-order valence-electron chi connectivity index (χ1n) is 17.7. The number of carbonyl (C=O) groups excluding carboxylic acids is 2. The van der Waals surface area contributed by atoms with Crippen LogP contribution in [0.25, 0.3) is 0 Å². The summed E-state index contributed by atoms with van der Waals surface area (Å²) in [6, 6.07) is -0.219. The van der Waals surface area contributed by atoms with Gasteiger partial charge in [0, 0.05) is 37.3 Å². The summed E-state index contributed by atoms with van der Waals surface area (Å²) in [5.74, 6) is -3.74. The van der Waals surface area contributed by atoms with Gasteiger partial charge in [0.1, 0.15) is 18.3 Å². The van der Waals surface area contributed by atoms with Crippen molar-refractivity contribution in [3.8, 4) is 0 Å². The van der Waals surface area contributed by atoms with Crippen molar-refractivity contribution in [2.75, 3.05) is 27.8 Å². The van der Waals surface area contributed by atoms with Crippen LogP contribution in [-0.2, 0) is 42.7 Å². The molecule has 4 aliphatic heterocycles. The Labute approximate surface area is 285 Å². The molecule has 0 aromatic rings. The van der Waals surface area contributed by atoms with Crippen LogP contribution in [0.5, 0.6) is 0 Å². The number of cyclic esters (lactones) is 1. The van der Waals surface area contributed by atoms with Crippen LogP contribution in [0.1, 0.15) is 74.7 Å². The van der Waals surface area contributed by atoms with Crippen molar-refractivity contribution in [3.63, 3.8) is 0 Å². The fourth-order valence-corrected chi connectivity index (χ4v) is 7.89. The number of aliphatic hydroxyl groups is 3. The Morgan fingerprint density at radius 1 is 0.792 bits per heavy atom. The Morgan fingerprint density at radius 3 is 2.02 bits per heavy atom. The van der Waals surface area contributed by atoms with E-state index in [1.807, 2.05) is 39.8 Å². The van der Waals surface area contributed by atoms with E-state index in [0.717, 1.165) is 0 Å². The van der Waals surface area contributed by atoms with E-state index in [-0.39, 0.29) is 43.3 Å². The zero-order valence-electron chi connectivity index (χ0n) is 30.6. The highest BCUT2D eigenvalue weighted by Crippen LogP contribution is 2.43. The summed E-state index contributed by atoms with van der Waals surface area (Å²) in [6.45, 7) is 14.6. The van der Waals surface area contributed by atoms with Gasteiger partial charge in [-0.1, -0.05) is 27.7 Å². The predicted octanol–water partition coefficient (Wildman–Crippen LogP) is 1.91. The van der Waals surface area contributed by atoms with Crippen molar-refractivity contribution in [2.45, 2.75) is 154 Å². The second-order valence-electron chi connectivity index (χ2n) is 15.3. The van der Waals surface area contributed by atoms with E-state index >= 15 is 0 Å². The number of methoxy groups -OCH3 is 1. The summed E-state index contributed by atoms with van der Waals surface area (Å²) >= 11 is 0. The molecule has 0 radical (unpaired) electrons. The maximum atomic E-state index is 13.9. The van der Waals surface area contributed by atoms with Crippen LogP contribution >= 0.6 is 0 Å². The number of ketones is 1. The topological polar surface area (TPSA) is 166 Å². The number of ether oxygens (including phenoxy) is 7. The lowest BCUT2D eigenvalue weighted by molar-refractivity contribution is -0.299. The average Bonchev–Trinajstić information content (AvgIpc) is 3.82. The van der Waals surface area contributed by atoms with E-state index in [1.54, 1.807) is 34.6 Å². The lowest BCUT2D eigenvalue weighted by Gasteiger charge is -2.46. The fraction of sp³-hybridized carbons (Fsp3) is 0.943. The zero-order chi connectivity index (χ0) is 35.8. The SMILES string of the molecule is CO[C@H]1C[C@H](O[C@H]2[C@@H](C)[C@@H](O[C@@H]3O[C@@H](C)C[C@H](N(C)C)[C@H]3O)[C@H](C)C[C@@]3(CO3)C(=O)[C@H](C)[C@H](O)[C@@H](C)[C@H](C)OC(=O)[C@H]2C)O[C@@H](C)[C@@H]1O. The highest BCUT2D eigenvalue weighted by molar-refractivity contribution is 5.92. The smallest absolute Gasteiger partial charge is 0.311 e. The summed E-state index contributed by atoms with van der Waals surface area (Å²) in [6.07, 6.45) is -7.15. The number of epoxide rings is 1. The Kier molecular flexibility index (Phi) is 13.1. The third kappa shape index (κ3) is 8.43. The minimum atomic E-state index is -1.10. The van der Waals surface area contributed by atoms with Crippen LogP contribution in [0, 0.1) is 29.6 Å². The van der Waals surface area contributed by atoms with Gasteiger partial charge in [-0.3, -0.25) is 9.59 Å². The largest absolute Gasteiger partial charge is 0.462 e. The highest BCUT2D eigenvalue weighted by Gasteiger charge is 2.57.